The van der Waals surface area contributed by atoms with E-state index in [2.05, 4.69) is 20.2 Å². The summed E-state index contributed by atoms with van der Waals surface area (Å²) in [5.74, 6) is 0. The molecule has 0 bridgehead atoms. The number of aromatic nitrogens is 2. The van der Waals surface area contributed by atoms with E-state index in [1.54, 1.807) is 26.0 Å². The molecule has 0 saturated carbocycles. The third kappa shape index (κ3) is 2.14. The standard InChI is InChI=1S/C13H16N4O2S/c1-8-13(9(2)16-15-8)17-20(18,19)11-3-4-12-10(7-11)5-6-14-12/h3-4,7,14,17H,5-6H2,1-2H3,(H,15,16). The molecule has 2 heterocycles. The number of benzene rings is 1. The lowest BCUT2D eigenvalue weighted by atomic mass is 10.2. The molecular formula is C13H16N4O2S. The molecule has 0 amide bonds. The molecule has 106 valence electrons. The van der Waals surface area contributed by atoms with Gasteiger partial charge in [-0.05, 0) is 44.0 Å². The second-order valence-corrected chi connectivity index (χ2v) is 6.59. The number of nitrogens with one attached hydrogen (secondary N) is 3. The summed E-state index contributed by atoms with van der Waals surface area (Å²) in [5.41, 5.74) is 3.90. The van der Waals surface area contributed by atoms with Gasteiger partial charge in [-0.15, -0.1) is 0 Å². The van der Waals surface area contributed by atoms with E-state index in [-0.39, 0.29) is 4.90 Å². The van der Waals surface area contributed by atoms with Crippen molar-refractivity contribution in [2.45, 2.75) is 25.2 Å². The van der Waals surface area contributed by atoms with Gasteiger partial charge >= 0.3 is 0 Å². The molecule has 0 saturated heterocycles. The molecule has 3 N–H and O–H groups in total. The molecule has 0 atom stereocenters. The zero-order valence-corrected chi connectivity index (χ0v) is 12.1. The summed E-state index contributed by atoms with van der Waals surface area (Å²) in [6, 6.07) is 5.15. The van der Waals surface area contributed by atoms with Crippen molar-refractivity contribution >= 4 is 21.4 Å². The minimum absolute atomic E-state index is 0.278. The predicted octanol–water partition coefficient (Wildman–Crippen LogP) is 1.80. The molecule has 0 unspecified atom stereocenters. The van der Waals surface area contributed by atoms with Crippen LogP contribution < -0.4 is 10.0 Å². The fraction of sp³-hybridized carbons (Fsp3) is 0.308. The lowest BCUT2D eigenvalue weighted by molar-refractivity contribution is 0.601. The Morgan fingerprint density at radius 3 is 2.80 bits per heavy atom. The average Bonchev–Trinajstić information content (AvgIpc) is 2.99. The van der Waals surface area contributed by atoms with E-state index < -0.39 is 10.0 Å². The van der Waals surface area contributed by atoms with Crippen molar-refractivity contribution in [3.8, 4) is 0 Å². The molecule has 1 aromatic carbocycles. The van der Waals surface area contributed by atoms with Gasteiger partial charge in [0.2, 0.25) is 0 Å². The highest BCUT2D eigenvalue weighted by atomic mass is 32.2. The normalized spacial score (nSPS) is 13.9. The van der Waals surface area contributed by atoms with Gasteiger partial charge in [0, 0.05) is 12.2 Å². The summed E-state index contributed by atoms with van der Waals surface area (Å²) in [6.07, 6.45) is 0.850. The molecule has 1 aliphatic rings. The first-order valence-electron chi connectivity index (χ1n) is 6.38. The number of rotatable bonds is 3. The van der Waals surface area contributed by atoms with Gasteiger partial charge in [-0.3, -0.25) is 9.82 Å². The van der Waals surface area contributed by atoms with Crippen molar-refractivity contribution in [3.63, 3.8) is 0 Å². The quantitative estimate of drug-likeness (QED) is 0.805. The smallest absolute Gasteiger partial charge is 0.262 e. The molecule has 0 aliphatic carbocycles. The van der Waals surface area contributed by atoms with Crippen LogP contribution >= 0.6 is 0 Å². The van der Waals surface area contributed by atoms with E-state index in [9.17, 15) is 8.42 Å². The highest BCUT2D eigenvalue weighted by molar-refractivity contribution is 7.92. The first kappa shape index (κ1) is 13.0. The number of nitrogens with zero attached hydrogens (tertiary/aromatic N) is 1. The lowest BCUT2D eigenvalue weighted by Gasteiger charge is -2.09. The van der Waals surface area contributed by atoms with Crippen LogP contribution in [0.2, 0.25) is 0 Å². The first-order chi connectivity index (χ1) is 9.47. The minimum Gasteiger partial charge on any atom is -0.384 e. The van der Waals surface area contributed by atoms with Crippen LogP contribution in [-0.2, 0) is 16.4 Å². The number of aryl methyl sites for hydroxylation is 2. The van der Waals surface area contributed by atoms with Crippen LogP contribution in [0.5, 0.6) is 0 Å². The maximum atomic E-state index is 12.4. The second-order valence-electron chi connectivity index (χ2n) is 4.91. The van der Waals surface area contributed by atoms with Crippen LogP contribution in [-0.4, -0.2) is 25.2 Å². The maximum absolute atomic E-state index is 12.4. The molecule has 0 radical (unpaired) electrons. The van der Waals surface area contributed by atoms with Crippen molar-refractivity contribution in [1.82, 2.24) is 10.2 Å². The van der Waals surface area contributed by atoms with E-state index in [4.69, 9.17) is 0 Å². The fourth-order valence-corrected chi connectivity index (χ4v) is 3.57. The Morgan fingerprint density at radius 2 is 2.10 bits per heavy atom. The van der Waals surface area contributed by atoms with Gasteiger partial charge < -0.3 is 5.32 Å². The van der Waals surface area contributed by atoms with Gasteiger partial charge in [-0.25, -0.2) is 8.42 Å². The van der Waals surface area contributed by atoms with Crippen LogP contribution in [0.3, 0.4) is 0 Å². The Labute approximate surface area is 117 Å². The molecule has 1 aliphatic heterocycles. The number of hydrogen-bond acceptors (Lipinski definition) is 4. The van der Waals surface area contributed by atoms with E-state index in [1.807, 2.05) is 6.07 Å². The molecule has 7 heteroatoms. The highest BCUT2D eigenvalue weighted by Crippen LogP contribution is 2.27. The number of H-pyrrole nitrogens is 1. The Balaban J connectivity index is 1.96. The largest absolute Gasteiger partial charge is 0.384 e. The highest BCUT2D eigenvalue weighted by Gasteiger charge is 2.20. The summed E-state index contributed by atoms with van der Waals surface area (Å²) < 4.78 is 27.5. The third-order valence-corrected chi connectivity index (χ3v) is 4.81. The summed E-state index contributed by atoms with van der Waals surface area (Å²) in [6.45, 7) is 4.39. The predicted molar refractivity (Wildman–Crippen MR) is 77.5 cm³/mol. The SMILES string of the molecule is Cc1n[nH]c(C)c1NS(=O)(=O)c1ccc2c(c1)CCN2. The number of aromatic amines is 1. The molecule has 2 aromatic rings. The van der Waals surface area contributed by atoms with Gasteiger partial charge in [0.15, 0.2) is 0 Å². The first-order valence-corrected chi connectivity index (χ1v) is 7.87. The molecule has 6 nitrogen and oxygen atoms in total. The summed E-state index contributed by atoms with van der Waals surface area (Å²) in [4.78, 5) is 0.278. The fourth-order valence-electron chi connectivity index (χ4n) is 2.34. The van der Waals surface area contributed by atoms with E-state index >= 15 is 0 Å². The molecule has 0 spiro atoms. The van der Waals surface area contributed by atoms with Gasteiger partial charge in [-0.2, -0.15) is 5.10 Å². The topological polar surface area (TPSA) is 86.9 Å². The van der Waals surface area contributed by atoms with Crippen LogP contribution in [0.15, 0.2) is 23.1 Å². The lowest BCUT2D eigenvalue weighted by Crippen LogP contribution is -2.14. The Bertz CT molecular complexity index is 745. The third-order valence-electron chi connectivity index (χ3n) is 3.46. The number of hydrogen-bond donors (Lipinski definition) is 3. The van der Waals surface area contributed by atoms with Crippen LogP contribution in [0.4, 0.5) is 11.4 Å². The molecule has 20 heavy (non-hydrogen) atoms. The summed E-state index contributed by atoms with van der Waals surface area (Å²) in [7, 11) is -3.59. The zero-order chi connectivity index (χ0) is 14.3. The zero-order valence-electron chi connectivity index (χ0n) is 11.3. The second kappa shape index (κ2) is 4.52. The minimum atomic E-state index is -3.59. The van der Waals surface area contributed by atoms with Gasteiger partial charge in [0.05, 0.1) is 22.0 Å². The maximum Gasteiger partial charge on any atom is 0.262 e. The number of sulfonamides is 1. The Hall–Kier alpha value is -2.02. The molecule has 0 fully saturated rings. The van der Waals surface area contributed by atoms with E-state index in [0.717, 1.165) is 24.2 Å². The van der Waals surface area contributed by atoms with Crippen molar-refractivity contribution in [2.75, 3.05) is 16.6 Å². The summed E-state index contributed by atoms with van der Waals surface area (Å²) in [5, 5.41) is 9.97. The van der Waals surface area contributed by atoms with Crippen LogP contribution in [0.25, 0.3) is 0 Å². The summed E-state index contributed by atoms with van der Waals surface area (Å²) >= 11 is 0. The van der Waals surface area contributed by atoms with Crippen LogP contribution in [0.1, 0.15) is 17.0 Å². The Morgan fingerprint density at radius 1 is 1.30 bits per heavy atom. The molecule has 1 aromatic heterocycles. The van der Waals surface area contributed by atoms with Gasteiger partial charge in [0.1, 0.15) is 0 Å². The average molecular weight is 292 g/mol. The Kier molecular flexibility index (Phi) is 2.93. The van der Waals surface area contributed by atoms with Crippen LogP contribution in [0, 0.1) is 13.8 Å². The van der Waals surface area contributed by atoms with Crippen molar-refractivity contribution < 1.29 is 8.42 Å². The monoisotopic (exact) mass is 292 g/mol. The molecule has 3 rings (SSSR count). The van der Waals surface area contributed by atoms with Gasteiger partial charge in [0.25, 0.3) is 10.0 Å². The van der Waals surface area contributed by atoms with E-state index in [1.165, 1.54) is 0 Å². The van der Waals surface area contributed by atoms with Crippen molar-refractivity contribution in [3.05, 3.63) is 35.2 Å². The van der Waals surface area contributed by atoms with Gasteiger partial charge in [-0.1, -0.05) is 0 Å². The van der Waals surface area contributed by atoms with E-state index in [0.29, 0.717) is 17.1 Å². The van der Waals surface area contributed by atoms with Crippen molar-refractivity contribution in [2.24, 2.45) is 0 Å². The number of fused-ring (bicyclic) bond motifs is 1. The number of anilines is 2. The van der Waals surface area contributed by atoms with Crippen molar-refractivity contribution in [1.29, 1.82) is 0 Å². The molecular weight excluding hydrogens is 276 g/mol.